The van der Waals surface area contributed by atoms with Crippen LogP contribution in [0.15, 0.2) is 18.2 Å². The predicted octanol–water partition coefficient (Wildman–Crippen LogP) is 3.16. The van der Waals surface area contributed by atoms with Crippen LogP contribution >= 0.6 is 0 Å². The molecule has 1 heterocycles. The molecule has 0 atom stereocenters. The molecule has 5 heteroatoms. The van der Waals surface area contributed by atoms with Crippen LogP contribution in [0.4, 0.5) is 5.69 Å². The third kappa shape index (κ3) is 2.79. The maximum Gasteiger partial charge on any atom is 0.257 e. The topological polar surface area (TPSA) is 84.8 Å². The van der Waals surface area contributed by atoms with Gasteiger partial charge in [0.05, 0.1) is 11.4 Å². The summed E-state index contributed by atoms with van der Waals surface area (Å²) in [5, 5.41) is 17.7. The van der Waals surface area contributed by atoms with Gasteiger partial charge in [0.25, 0.3) is 5.88 Å². The molecule has 0 saturated carbocycles. The summed E-state index contributed by atoms with van der Waals surface area (Å²) in [6, 6.07) is 7.68. The van der Waals surface area contributed by atoms with E-state index in [0.29, 0.717) is 23.4 Å². The number of para-hydroxylation sites is 1. The van der Waals surface area contributed by atoms with Crippen molar-refractivity contribution in [2.45, 2.75) is 33.6 Å². The molecule has 0 aliphatic rings. The van der Waals surface area contributed by atoms with E-state index in [1.165, 1.54) is 0 Å². The van der Waals surface area contributed by atoms with Crippen molar-refractivity contribution < 1.29 is 4.74 Å². The number of aryl methyl sites for hydroxylation is 2. The number of nitrogens with two attached hydrogens (primary N) is 1. The van der Waals surface area contributed by atoms with Crippen molar-refractivity contribution in [2.75, 3.05) is 5.73 Å². The van der Waals surface area contributed by atoms with Crippen LogP contribution in [0.1, 0.15) is 36.2 Å². The Morgan fingerprint density at radius 2 is 2.00 bits per heavy atom. The van der Waals surface area contributed by atoms with Gasteiger partial charge in [0.15, 0.2) is 5.75 Å². The first-order valence-corrected chi connectivity index (χ1v) is 6.93. The van der Waals surface area contributed by atoms with Gasteiger partial charge >= 0.3 is 0 Å². The molecule has 108 valence electrons. The molecule has 0 fully saturated rings. The van der Waals surface area contributed by atoms with Crippen molar-refractivity contribution in [3.05, 3.63) is 40.6 Å². The largest absolute Gasteiger partial charge is 0.434 e. The van der Waals surface area contributed by atoms with E-state index in [1.807, 2.05) is 32.9 Å². The lowest BCUT2D eigenvalue weighted by Crippen LogP contribution is -2.06. The fourth-order valence-corrected chi connectivity index (χ4v) is 2.25. The molecule has 0 aliphatic carbocycles. The van der Waals surface area contributed by atoms with Crippen LogP contribution in [-0.4, -0.2) is 10.2 Å². The first-order chi connectivity index (χ1) is 10.1. The van der Waals surface area contributed by atoms with E-state index in [2.05, 4.69) is 16.3 Å². The molecule has 21 heavy (non-hydrogen) atoms. The van der Waals surface area contributed by atoms with E-state index in [9.17, 15) is 5.26 Å². The highest BCUT2D eigenvalue weighted by Crippen LogP contribution is 2.32. The number of nitrogens with zero attached hydrogens (tertiary/aromatic N) is 3. The molecule has 2 N–H and O–H groups in total. The fraction of sp³-hybridized carbons (Fsp3) is 0.312. The third-order valence-corrected chi connectivity index (χ3v) is 3.37. The predicted molar refractivity (Wildman–Crippen MR) is 81.2 cm³/mol. The normalized spacial score (nSPS) is 10.2. The Balaban J connectivity index is 2.53. The molecule has 0 aliphatic heterocycles. The SMILES string of the molecule is CCc1nnc(Oc2c(C)cccc2N)c(C#N)c1CC. The number of hydrogen-bond acceptors (Lipinski definition) is 5. The number of nitriles is 1. The molecule has 2 aromatic rings. The number of nitrogen functional groups attached to an aromatic ring is 1. The summed E-state index contributed by atoms with van der Waals surface area (Å²) in [6.07, 6.45) is 1.44. The molecule has 0 unspecified atom stereocenters. The van der Waals surface area contributed by atoms with Gasteiger partial charge in [-0.15, -0.1) is 5.10 Å². The van der Waals surface area contributed by atoms with Crippen molar-refractivity contribution in [2.24, 2.45) is 0 Å². The van der Waals surface area contributed by atoms with Crippen LogP contribution < -0.4 is 10.5 Å². The molecule has 0 amide bonds. The highest BCUT2D eigenvalue weighted by atomic mass is 16.5. The molecule has 2 rings (SSSR count). The van der Waals surface area contributed by atoms with Gasteiger partial charge in [-0.1, -0.05) is 26.0 Å². The lowest BCUT2D eigenvalue weighted by Gasteiger charge is -2.13. The van der Waals surface area contributed by atoms with Gasteiger partial charge in [-0.05, 0) is 37.0 Å². The number of aromatic nitrogens is 2. The van der Waals surface area contributed by atoms with Gasteiger partial charge in [0.2, 0.25) is 0 Å². The molecule has 0 radical (unpaired) electrons. The second kappa shape index (κ2) is 6.23. The highest BCUT2D eigenvalue weighted by molar-refractivity contribution is 5.58. The molecule has 1 aromatic heterocycles. The quantitative estimate of drug-likeness (QED) is 0.871. The van der Waals surface area contributed by atoms with Crippen LogP contribution in [0.25, 0.3) is 0 Å². The van der Waals surface area contributed by atoms with Gasteiger partial charge in [0, 0.05) is 0 Å². The minimum absolute atomic E-state index is 0.215. The molecule has 0 spiro atoms. The minimum Gasteiger partial charge on any atom is -0.434 e. The number of rotatable bonds is 4. The number of ether oxygens (including phenoxy) is 1. The van der Waals surface area contributed by atoms with E-state index >= 15 is 0 Å². The molecule has 0 saturated heterocycles. The Kier molecular flexibility index (Phi) is 4.39. The Bertz CT molecular complexity index is 684. The highest BCUT2D eigenvalue weighted by Gasteiger charge is 2.17. The van der Waals surface area contributed by atoms with Gasteiger partial charge in [-0.25, -0.2) is 0 Å². The Hall–Kier alpha value is -2.61. The number of anilines is 1. The van der Waals surface area contributed by atoms with Crippen molar-refractivity contribution in [1.29, 1.82) is 5.26 Å². The maximum atomic E-state index is 9.44. The average Bonchev–Trinajstić information content (AvgIpc) is 2.50. The second-order valence-corrected chi connectivity index (χ2v) is 4.72. The van der Waals surface area contributed by atoms with Crippen LogP contribution in [0.5, 0.6) is 11.6 Å². The van der Waals surface area contributed by atoms with Crippen LogP contribution in [0, 0.1) is 18.3 Å². The summed E-state index contributed by atoms with van der Waals surface area (Å²) in [5.41, 5.74) is 9.49. The Labute approximate surface area is 124 Å². The minimum atomic E-state index is 0.215. The monoisotopic (exact) mass is 282 g/mol. The van der Waals surface area contributed by atoms with Crippen molar-refractivity contribution >= 4 is 5.69 Å². The van der Waals surface area contributed by atoms with Crippen LogP contribution in [0.2, 0.25) is 0 Å². The zero-order valence-electron chi connectivity index (χ0n) is 12.5. The maximum absolute atomic E-state index is 9.44. The average molecular weight is 282 g/mol. The second-order valence-electron chi connectivity index (χ2n) is 4.72. The van der Waals surface area contributed by atoms with Crippen LogP contribution in [0.3, 0.4) is 0 Å². The smallest absolute Gasteiger partial charge is 0.257 e. The van der Waals surface area contributed by atoms with Crippen molar-refractivity contribution in [3.63, 3.8) is 0 Å². The van der Waals surface area contributed by atoms with Crippen molar-refractivity contribution in [3.8, 4) is 17.7 Å². The molecular weight excluding hydrogens is 264 g/mol. The molecule has 5 nitrogen and oxygen atoms in total. The summed E-state index contributed by atoms with van der Waals surface area (Å²) in [7, 11) is 0. The third-order valence-electron chi connectivity index (χ3n) is 3.37. The van der Waals surface area contributed by atoms with E-state index in [0.717, 1.165) is 23.2 Å². The molecular formula is C16H18N4O. The van der Waals surface area contributed by atoms with Gasteiger partial charge in [0.1, 0.15) is 11.6 Å². The standard InChI is InChI=1S/C16H18N4O/c1-4-11-12(9-17)16(20-19-14(11)5-2)21-15-10(3)7-6-8-13(15)18/h6-8H,4-5,18H2,1-3H3. The summed E-state index contributed by atoms with van der Waals surface area (Å²) < 4.78 is 5.78. The van der Waals surface area contributed by atoms with E-state index in [1.54, 1.807) is 6.07 Å². The first-order valence-electron chi connectivity index (χ1n) is 6.93. The van der Waals surface area contributed by atoms with E-state index in [4.69, 9.17) is 10.5 Å². The van der Waals surface area contributed by atoms with Crippen LogP contribution in [-0.2, 0) is 12.8 Å². The molecule has 1 aromatic carbocycles. The summed E-state index contributed by atoms with van der Waals surface area (Å²) in [4.78, 5) is 0. The first kappa shape index (κ1) is 14.8. The summed E-state index contributed by atoms with van der Waals surface area (Å²) in [6.45, 7) is 5.87. The van der Waals surface area contributed by atoms with Crippen molar-refractivity contribution in [1.82, 2.24) is 10.2 Å². The van der Waals surface area contributed by atoms with E-state index < -0.39 is 0 Å². The van der Waals surface area contributed by atoms with Gasteiger partial charge in [-0.3, -0.25) is 0 Å². The molecule has 0 bridgehead atoms. The lowest BCUT2D eigenvalue weighted by atomic mass is 10.0. The zero-order valence-corrected chi connectivity index (χ0v) is 12.5. The zero-order chi connectivity index (χ0) is 15.4. The van der Waals surface area contributed by atoms with Gasteiger partial charge < -0.3 is 10.5 Å². The number of hydrogen-bond donors (Lipinski definition) is 1. The summed E-state index contributed by atoms with van der Waals surface area (Å²) >= 11 is 0. The Morgan fingerprint density at radius 3 is 2.57 bits per heavy atom. The lowest BCUT2D eigenvalue weighted by molar-refractivity contribution is 0.450. The Morgan fingerprint density at radius 1 is 1.24 bits per heavy atom. The van der Waals surface area contributed by atoms with Gasteiger partial charge in [-0.2, -0.15) is 10.4 Å². The van der Waals surface area contributed by atoms with E-state index in [-0.39, 0.29) is 5.88 Å². The fourth-order valence-electron chi connectivity index (χ4n) is 2.25. The number of benzene rings is 1. The summed E-state index contributed by atoms with van der Waals surface area (Å²) in [5.74, 6) is 0.738.